The zero-order chi connectivity index (χ0) is 8.32. The second-order valence-corrected chi connectivity index (χ2v) is 2.87. The van der Waals surface area contributed by atoms with Crippen LogP contribution in [0, 0.1) is 0 Å². The Kier molecular flexibility index (Phi) is 2.78. The highest BCUT2D eigenvalue weighted by atomic mass is 19.3. The zero-order valence-corrected chi connectivity index (χ0v) is 6.65. The number of hydrogen-bond acceptors (Lipinski definition) is 2. The first-order chi connectivity index (χ1) is 5.14. The first-order valence-corrected chi connectivity index (χ1v) is 3.73. The van der Waals surface area contributed by atoms with E-state index in [-0.39, 0.29) is 13.0 Å². The average Bonchev–Trinajstić information content (AvgIpc) is 2.26. The Hall–Kier alpha value is -0.220. The zero-order valence-electron chi connectivity index (χ0n) is 6.65. The van der Waals surface area contributed by atoms with Crippen LogP contribution in [-0.2, 0) is 4.74 Å². The molecule has 0 atom stereocenters. The summed E-state index contributed by atoms with van der Waals surface area (Å²) in [5.41, 5.74) is 0. The maximum atomic E-state index is 12.5. The van der Waals surface area contributed by atoms with Crippen LogP contribution in [0.25, 0.3) is 0 Å². The highest BCUT2D eigenvalue weighted by Crippen LogP contribution is 2.26. The molecular weight excluding hydrogens is 152 g/mol. The lowest BCUT2D eigenvalue weighted by Crippen LogP contribution is -2.28. The van der Waals surface area contributed by atoms with E-state index in [0.29, 0.717) is 19.7 Å². The summed E-state index contributed by atoms with van der Waals surface area (Å²) >= 11 is 0. The Labute approximate surface area is 65.1 Å². The summed E-state index contributed by atoms with van der Waals surface area (Å²) in [6.07, 6.45) is -0.00326. The smallest absolute Gasteiger partial charge is 0.261 e. The van der Waals surface area contributed by atoms with E-state index in [9.17, 15) is 8.78 Å². The van der Waals surface area contributed by atoms with Gasteiger partial charge < -0.3 is 4.74 Å². The molecule has 0 saturated carbocycles. The third-order valence-corrected chi connectivity index (χ3v) is 1.86. The van der Waals surface area contributed by atoms with Crippen molar-refractivity contribution in [3.8, 4) is 0 Å². The SMILES string of the molecule is COCCN1CCC(F)(F)C1. The van der Waals surface area contributed by atoms with E-state index in [1.807, 2.05) is 0 Å². The molecule has 66 valence electrons. The molecule has 0 spiro atoms. The molecule has 2 nitrogen and oxygen atoms in total. The lowest BCUT2D eigenvalue weighted by atomic mass is 10.3. The van der Waals surface area contributed by atoms with Gasteiger partial charge in [0.1, 0.15) is 0 Å². The van der Waals surface area contributed by atoms with E-state index in [1.54, 1.807) is 12.0 Å². The van der Waals surface area contributed by atoms with Crippen molar-refractivity contribution >= 4 is 0 Å². The molecule has 1 heterocycles. The molecule has 0 aromatic rings. The lowest BCUT2D eigenvalue weighted by Gasteiger charge is -2.13. The van der Waals surface area contributed by atoms with Gasteiger partial charge in [-0.3, -0.25) is 4.90 Å². The predicted molar refractivity (Wildman–Crippen MR) is 37.9 cm³/mol. The van der Waals surface area contributed by atoms with E-state index in [1.165, 1.54) is 0 Å². The van der Waals surface area contributed by atoms with Gasteiger partial charge in [0.25, 0.3) is 5.92 Å². The van der Waals surface area contributed by atoms with E-state index >= 15 is 0 Å². The highest BCUT2D eigenvalue weighted by Gasteiger charge is 2.37. The van der Waals surface area contributed by atoms with Gasteiger partial charge in [0, 0.05) is 26.6 Å². The van der Waals surface area contributed by atoms with Gasteiger partial charge in [-0.25, -0.2) is 8.78 Å². The van der Waals surface area contributed by atoms with Crippen molar-refractivity contribution in [1.82, 2.24) is 4.90 Å². The molecule has 1 rings (SSSR count). The van der Waals surface area contributed by atoms with Crippen molar-refractivity contribution in [2.45, 2.75) is 12.3 Å². The summed E-state index contributed by atoms with van der Waals surface area (Å²) in [6, 6.07) is 0. The molecule has 4 heteroatoms. The fourth-order valence-corrected chi connectivity index (χ4v) is 1.22. The molecule has 0 aromatic carbocycles. The van der Waals surface area contributed by atoms with E-state index < -0.39 is 5.92 Å². The molecule has 1 saturated heterocycles. The van der Waals surface area contributed by atoms with Crippen molar-refractivity contribution in [3.05, 3.63) is 0 Å². The largest absolute Gasteiger partial charge is 0.383 e. The third kappa shape index (κ3) is 2.71. The maximum Gasteiger partial charge on any atom is 0.261 e. The van der Waals surface area contributed by atoms with Gasteiger partial charge in [-0.2, -0.15) is 0 Å². The number of methoxy groups -OCH3 is 1. The summed E-state index contributed by atoms with van der Waals surface area (Å²) in [4.78, 5) is 1.73. The molecular formula is C7H13F2NO. The van der Waals surface area contributed by atoms with Crippen molar-refractivity contribution in [3.63, 3.8) is 0 Å². The molecule has 0 N–H and O–H groups in total. The van der Waals surface area contributed by atoms with E-state index in [2.05, 4.69) is 0 Å². The molecule has 0 unspecified atom stereocenters. The number of halogens is 2. The Bertz CT molecular complexity index is 130. The fourth-order valence-electron chi connectivity index (χ4n) is 1.22. The van der Waals surface area contributed by atoms with Gasteiger partial charge in [0.15, 0.2) is 0 Å². The lowest BCUT2D eigenvalue weighted by molar-refractivity contribution is 0.0101. The Balaban J connectivity index is 2.20. The minimum absolute atomic E-state index is 0.00326. The fraction of sp³-hybridized carbons (Fsp3) is 1.00. The van der Waals surface area contributed by atoms with Crippen LogP contribution in [-0.4, -0.2) is 44.2 Å². The summed E-state index contributed by atoms with van der Waals surface area (Å²) in [7, 11) is 1.58. The standard InChI is InChI=1S/C7H13F2NO/c1-11-5-4-10-3-2-7(8,9)6-10/h2-6H2,1H3. The van der Waals surface area contributed by atoms with Gasteiger partial charge in [-0.05, 0) is 0 Å². The summed E-state index contributed by atoms with van der Waals surface area (Å²) in [6.45, 7) is 1.55. The number of likely N-dealkylation sites (tertiary alicyclic amines) is 1. The molecule has 1 aliphatic heterocycles. The molecule has 0 amide bonds. The Morgan fingerprint density at radius 3 is 2.73 bits per heavy atom. The molecule has 0 aliphatic carbocycles. The van der Waals surface area contributed by atoms with Crippen LogP contribution >= 0.6 is 0 Å². The van der Waals surface area contributed by atoms with Crippen LogP contribution < -0.4 is 0 Å². The Morgan fingerprint density at radius 1 is 1.55 bits per heavy atom. The van der Waals surface area contributed by atoms with Gasteiger partial charge in [0.05, 0.1) is 13.2 Å². The van der Waals surface area contributed by atoms with Crippen LogP contribution in [0.2, 0.25) is 0 Å². The van der Waals surface area contributed by atoms with Crippen LogP contribution in [0.3, 0.4) is 0 Å². The normalized spacial score (nSPS) is 24.3. The molecule has 1 aliphatic rings. The topological polar surface area (TPSA) is 12.5 Å². The number of alkyl halides is 2. The third-order valence-electron chi connectivity index (χ3n) is 1.86. The van der Waals surface area contributed by atoms with Crippen LogP contribution in [0.1, 0.15) is 6.42 Å². The quantitative estimate of drug-likeness (QED) is 0.618. The van der Waals surface area contributed by atoms with Crippen molar-refractivity contribution in [2.24, 2.45) is 0 Å². The van der Waals surface area contributed by atoms with Crippen LogP contribution in [0.5, 0.6) is 0 Å². The van der Waals surface area contributed by atoms with Crippen molar-refractivity contribution in [2.75, 3.05) is 33.4 Å². The van der Waals surface area contributed by atoms with Crippen molar-refractivity contribution < 1.29 is 13.5 Å². The number of rotatable bonds is 3. The summed E-state index contributed by atoms with van der Waals surface area (Å²) < 4.78 is 29.9. The second kappa shape index (κ2) is 3.45. The second-order valence-electron chi connectivity index (χ2n) is 2.87. The van der Waals surface area contributed by atoms with Gasteiger partial charge in [0.2, 0.25) is 0 Å². The molecule has 1 fully saturated rings. The van der Waals surface area contributed by atoms with Crippen LogP contribution in [0.4, 0.5) is 8.78 Å². The summed E-state index contributed by atoms with van der Waals surface area (Å²) in [5.74, 6) is -2.46. The van der Waals surface area contributed by atoms with Crippen molar-refractivity contribution in [1.29, 1.82) is 0 Å². The molecule has 11 heavy (non-hydrogen) atoms. The molecule has 0 bridgehead atoms. The number of ether oxygens (including phenoxy) is 1. The van der Waals surface area contributed by atoms with Gasteiger partial charge in [-0.15, -0.1) is 0 Å². The minimum Gasteiger partial charge on any atom is -0.383 e. The molecule has 0 aromatic heterocycles. The van der Waals surface area contributed by atoms with E-state index in [0.717, 1.165) is 0 Å². The first kappa shape index (κ1) is 8.87. The Morgan fingerprint density at radius 2 is 2.27 bits per heavy atom. The van der Waals surface area contributed by atoms with E-state index in [4.69, 9.17) is 4.74 Å². The van der Waals surface area contributed by atoms with Crippen LogP contribution in [0.15, 0.2) is 0 Å². The number of hydrogen-bond donors (Lipinski definition) is 0. The minimum atomic E-state index is -2.46. The van der Waals surface area contributed by atoms with Gasteiger partial charge >= 0.3 is 0 Å². The molecule has 0 radical (unpaired) electrons. The maximum absolute atomic E-state index is 12.5. The number of nitrogens with zero attached hydrogens (tertiary/aromatic N) is 1. The predicted octanol–water partition coefficient (Wildman–Crippen LogP) is 0.974. The average molecular weight is 165 g/mol. The first-order valence-electron chi connectivity index (χ1n) is 3.73. The highest BCUT2D eigenvalue weighted by molar-refractivity contribution is 4.81. The monoisotopic (exact) mass is 165 g/mol. The van der Waals surface area contributed by atoms with Gasteiger partial charge in [-0.1, -0.05) is 0 Å². The summed E-state index contributed by atoms with van der Waals surface area (Å²) in [5, 5.41) is 0.